The number of rotatable bonds is 5. The highest BCUT2D eigenvalue weighted by Gasteiger charge is 2.25. The second-order valence-corrected chi connectivity index (χ2v) is 8.84. The van der Waals surface area contributed by atoms with Crippen molar-refractivity contribution in [3.8, 4) is 0 Å². The van der Waals surface area contributed by atoms with Crippen LogP contribution in [0, 0.1) is 0 Å². The van der Waals surface area contributed by atoms with E-state index in [1.165, 1.54) is 0 Å². The third-order valence-electron chi connectivity index (χ3n) is 1.57. The third-order valence-corrected chi connectivity index (χ3v) is 3.28. The van der Waals surface area contributed by atoms with Crippen molar-refractivity contribution >= 4 is 19.8 Å². The van der Waals surface area contributed by atoms with Crippen molar-refractivity contribution in [2.45, 2.75) is 32.5 Å². The van der Waals surface area contributed by atoms with Crippen molar-refractivity contribution in [2.75, 3.05) is 0 Å². The van der Waals surface area contributed by atoms with Gasteiger partial charge in [-0.05, 0) is 12.0 Å². The lowest BCUT2D eigenvalue weighted by Gasteiger charge is -2.14. The van der Waals surface area contributed by atoms with Crippen LogP contribution in [0.15, 0.2) is 12.2 Å². The summed E-state index contributed by atoms with van der Waals surface area (Å²) in [6.45, 7) is 9.65. The molecule has 0 N–H and O–H groups in total. The van der Waals surface area contributed by atoms with Gasteiger partial charge in [-0.1, -0.05) is 26.2 Å². The van der Waals surface area contributed by atoms with Crippen molar-refractivity contribution in [3.05, 3.63) is 12.2 Å². The number of carbonyl (C=O) groups is 2. The van der Waals surface area contributed by atoms with Crippen LogP contribution in [0.5, 0.6) is 0 Å². The van der Waals surface area contributed by atoms with Gasteiger partial charge in [0.15, 0.2) is 0 Å². The van der Waals surface area contributed by atoms with Crippen molar-refractivity contribution in [3.63, 3.8) is 0 Å². The van der Waals surface area contributed by atoms with E-state index in [2.05, 4.69) is 6.58 Å². The van der Waals surface area contributed by atoms with Crippen LogP contribution in [0.1, 0.15) is 12.8 Å². The van der Waals surface area contributed by atoms with Crippen molar-refractivity contribution in [1.82, 2.24) is 0 Å². The molecule has 0 aliphatic rings. The van der Waals surface area contributed by atoms with Gasteiger partial charge >= 0.3 is 0 Å². The molecule has 68 valence electrons. The molecule has 0 aromatic rings. The van der Waals surface area contributed by atoms with E-state index in [1.54, 1.807) is 0 Å². The molecule has 0 rings (SSSR count). The molecule has 0 heterocycles. The number of carbonyl (C=O) groups excluding carboxylic acids is 2. The standard InChI is InChI=1S/C9H16O2Si/c1-8(6-5-7-10)9(11)12(2,3)4/h7H,1,5-6H2,2-4H3. The maximum atomic E-state index is 11.5. The van der Waals surface area contributed by atoms with Crippen LogP contribution >= 0.6 is 0 Å². The molecule has 2 nitrogen and oxygen atoms in total. The number of hydrogen-bond acceptors (Lipinski definition) is 2. The van der Waals surface area contributed by atoms with E-state index >= 15 is 0 Å². The molecule has 0 amide bonds. The number of aldehydes is 1. The number of allylic oxidation sites excluding steroid dienone is 1. The predicted octanol–water partition coefficient (Wildman–Crippen LogP) is 1.97. The Balaban J connectivity index is 4.12. The van der Waals surface area contributed by atoms with Gasteiger partial charge in [0.25, 0.3) is 0 Å². The third kappa shape index (κ3) is 3.62. The molecule has 3 heteroatoms. The first-order valence-electron chi connectivity index (χ1n) is 4.06. The molecule has 0 atom stereocenters. The van der Waals surface area contributed by atoms with Gasteiger partial charge in [-0.25, -0.2) is 0 Å². The molecule has 0 radical (unpaired) electrons. The van der Waals surface area contributed by atoms with E-state index in [1.807, 2.05) is 19.6 Å². The Labute approximate surface area is 74.7 Å². The van der Waals surface area contributed by atoms with Crippen LogP contribution in [0.3, 0.4) is 0 Å². The Morgan fingerprint density at radius 3 is 2.25 bits per heavy atom. The fraction of sp³-hybridized carbons (Fsp3) is 0.556. The van der Waals surface area contributed by atoms with Gasteiger partial charge in [0.2, 0.25) is 0 Å². The molecule has 0 aromatic carbocycles. The topological polar surface area (TPSA) is 34.1 Å². The molecular formula is C9H16O2Si. The fourth-order valence-corrected chi connectivity index (χ4v) is 2.06. The van der Waals surface area contributed by atoms with Crippen LogP contribution in [-0.2, 0) is 9.59 Å². The van der Waals surface area contributed by atoms with Gasteiger partial charge in [-0.3, -0.25) is 0 Å². The van der Waals surface area contributed by atoms with Crippen LogP contribution in [0.25, 0.3) is 0 Å². The Kier molecular flexibility index (Phi) is 4.10. The van der Waals surface area contributed by atoms with Crippen LogP contribution in [0.2, 0.25) is 19.6 Å². The minimum absolute atomic E-state index is 0.185. The molecule has 0 saturated heterocycles. The van der Waals surface area contributed by atoms with E-state index in [9.17, 15) is 9.59 Å². The first-order valence-corrected chi connectivity index (χ1v) is 7.56. The second-order valence-electron chi connectivity index (χ2n) is 3.89. The summed E-state index contributed by atoms with van der Waals surface area (Å²) in [4.78, 5) is 21.6. The lowest BCUT2D eigenvalue weighted by molar-refractivity contribution is -0.109. The lowest BCUT2D eigenvalue weighted by atomic mass is 10.2. The Hall–Kier alpha value is -0.703. The first kappa shape index (κ1) is 11.3. The quantitative estimate of drug-likeness (QED) is 0.372. The molecule has 0 unspecified atom stereocenters. The SMILES string of the molecule is C=C(CCC=O)C(=O)[Si](C)(C)C. The summed E-state index contributed by atoms with van der Waals surface area (Å²) in [6, 6.07) is 0. The largest absolute Gasteiger partial charge is 0.303 e. The molecule has 0 aliphatic carbocycles. The first-order chi connectivity index (χ1) is 5.39. The fourth-order valence-electron chi connectivity index (χ4n) is 0.877. The second kappa shape index (κ2) is 4.35. The summed E-state index contributed by atoms with van der Waals surface area (Å²) in [6.07, 6.45) is 1.75. The maximum absolute atomic E-state index is 11.5. The Morgan fingerprint density at radius 2 is 1.92 bits per heavy atom. The van der Waals surface area contributed by atoms with E-state index < -0.39 is 8.07 Å². The van der Waals surface area contributed by atoms with Gasteiger partial charge in [0.05, 0.1) is 0 Å². The van der Waals surface area contributed by atoms with E-state index in [0.29, 0.717) is 18.4 Å². The summed E-state index contributed by atoms with van der Waals surface area (Å²) in [7, 11) is -1.73. The van der Waals surface area contributed by atoms with Crippen LogP contribution in [0.4, 0.5) is 0 Å². The summed E-state index contributed by atoms with van der Waals surface area (Å²) in [5.41, 5.74) is 0.612. The highest BCUT2D eigenvalue weighted by molar-refractivity contribution is 7.05. The highest BCUT2D eigenvalue weighted by Crippen LogP contribution is 2.12. The van der Waals surface area contributed by atoms with E-state index in [-0.39, 0.29) is 5.41 Å². The van der Waals surface area contributed by atoms with Crippen molar-refractivity contribution in [2.24, 2.45) is 0 Å². The smallest absolute Gasteiger partial charge is 0.135 e. The van der Waals surface area contributed by atoms with Crippen molar-refractivity contribution < 1.29 is 9.59 Å². The molecule has 0 aromatic heterocycles. The summed E-state index contributed by atoms with van der Waals surface area (Å²) < 4.78 is 0. The molecule has 0 fully saturated rings. The van der Waals surface area contributed by atoms with Crippen LogP contribution < -0.4 is 0 Å². The highest BCUT2D eigenvalue weighted by atomic mass is 28.3. The zero-order valence-electron chi connectivity index (χ0n) is 8.02. The minimum Gasteiger partial charge on any atom is -0.303 e. The molecule has 0 bridgehead atoms. The minimum atomic E-state index is -1.73. The molecule has 12 heavy (non-hydrogen) atoms. The summed E-state index contributed by atoms with van der Waals surface area (Å²) in [5.74, 6) is 0. The van der Waals surface area contributed by atoms with Gasteiger partial charge in [0, 0.05) is 6.42 Å². The Bertz CT molecular complexity index is 201. The molecular weight excluding hydrogens is 168 g/mol. The summed E-state index contributed by atoms with van der Waals surface area (Å²) in [5, 5.41) is 0.185. The zero-order valence-corrected chi connectivity index (χ0v) is 9.02. The van der Waals surface area contributed by atoms with Crippen molar-refractivity contribution in [1.29, 1.82) is 0 Å². The van der Waals surface area contributed by atoms with Crippen LogP contribution in [-0.4, -0.2) is 19.8 Å². The Morgan fingerprint density at radius 1 is 1.42 bits per heavy atom. The average Bonchev–Trinajstić information content (AvgIpc) is 1.97. The monoisotopic (exact) mass is 184 g/mol. The maximum Gasteiger partial charge on any atom is 0.135 e. The molecule has 0 saturated carbocycles. The number of hydrogen-bond donors (Lipinski definition) is 0. The molecule has 0 aliphatic heterocycles. The van der Waals surface area contributed by atoms with E-state index in [0.717, 1.165) is 6.29 Å². The van der Waals surface area contributed by atoms with Gasteiger partial charge in [0.1, 0.15) is 19.8 Å². The average molecular weight is 184 g/mol. The normalized spacial score (nSPS) is 10.9. The summed E-state index contributed by atoms with van der Waals surface area (Å²) >= 11 is 0. The van der Waals surface area contributed by atoms with Gasteiger partial charge in [-0.15, -0.1) is 0 Å². The van der Waals surface area contributed by atoms with Gasteiger partial charge < -0.3 is 9.59 Å². The zero-order chi connectivity index (χ0) is 9.78. The lowest BCUT2D eigenvalue weighted by Crippen LogP contribution is -2.34. The van der Waals surface area contributed by atoms with E-state index in [4.69, 9.17) is 0 Å². The predicted molar refractivity (Wildman–Crippen MR) is 52.8 cm³/mol. The van der Waals surface area contributed by atoms with Gasteiger partial charge in [-0.2, -0.15) is 0 Å². The molecule has 0 spiro atoms.